The molecule has 2 nitrogen and oxygen atoms in total. The van der Waals surface area contributed by atoms with Gasteiger partial charge < -0.3 is 4.90 Å². The summed E-state index contributed by atoms with van der Waals surface area (Å²) in [5.41, 5.74) is 5.69. The molecule has 0 saturated heterocycles. The number of para-hydroxylation sites is 1. The van der Waals surface area contributed by atoms with Gasteiger partial charge in [0.1, 0.15) is 0 Å². The van der Waals surface area contributed by atoms with Crippen molar-refractivity contribution < 1.29 is 4.79 Å². The van der Waals surface area contributed by atoms with Gasteiger partial charge >= 0.3 is 0 Å². The van der Waals surface area contributed by atoms with E-state index in [9.17, 15) is 4.79 Å². The molecule has 0 atom stereocenters. The highest BCUT2D eigenvalue weighted by Crippen LogP contribution is 2.43. The number of ketones is 1. The molecular weight excluding hydrogens is 282 g/mol. The Bertz CT molecular complexity index is 786. The highest BCUT2D eigenvalue weighted by Gasteiger charge is 2.38. The third kappa shape index (κ3) is 2.37. The molecule has 23 heavy (non-hydrogen) atoms. The molecule has 2 heteroatoms. The number of anilines is 2. The number of hydrogen-bond donors (Lipinski definition) is 0. The second-order valence-electron chi connectivity index (χ2n) is 7.62. The lowest BCUT2D eigenvalue weighted by Crippen LogP contribution is -2.20. The highest BCUT2D eigenvalue weighted by molar-refractivity contribution is 6.04. The quantitative estimate of drug-likeness (QED) is 0.790. The van der Waals surface area contributed by atoms with Crippen molar-refractivity contribution in [1.82, 2.24) is 0 Å². The number of Topliss-reactive ketones (excluding diaryl/α,β-unsaturated/α-hetero) is 1. The van der Waals surface area contributed by atoms with E-state index in [4.69, 9.17) is 0 Å². The lowest BCUT2D eigenvalue weighted by atomic mass is 9.89. The van der Waals surface area contributed by atoms with Crippen molar-refractivity contribution in [3.05, 3.63) is 59.2 Å². The molecule has 0 spiro atoms. The van der Waals surface area contributed by atoms with Crippen molar-refractivity contribution in [3.8, 4) is 0 Å². The minimum atomic E-state index is -0.256. The molecule has 1 saturated carbocycles. The van der Waals surface area contributed by atoms with E-state index in [2.05, 4.69) is 62.1 Å². The summed E-state index contributed by atoms with van der Waals surface area (Å²) in [5.74, 6) is 0.285. The zero-order chi connectivity index (χ0) is 16.2. The summed E-state index contributed by atoms with van der Waals surface area (Å²) in [6, 6.07) is 15.6. The summed E-state index contributed by atoms with van der Waals surface area (Å²) in [6.45, 7) is 6.27. The van der Waals surface area contributed by atoms with E-state index in [1.54, 1.807) is 0 Å². The van der Waals surface area contributed by atoms with Crippen LogP contribution in [0, 0.1) is 12.3 Å². The number of carbonyl (C=O) groups is 1. The first-order chi connectivity index (χ1) is 11.0. The lowest BCUT2D eigenvalue weighted by Gasteiger charge is -2.27. The summed E-state index contributed by atoms with van der Waals surface area (Å²) >= 11 is 0. The zero-order valence-corrected chi connectivity index (χ0v) is 14.1. The third-order valence-corrected chi connectivity index (χ3v) is 5.15. The Hall–Kier alpha value is -2.09. The topological polar surface area (TPSA) is 20.3 Å². The van der Waals surface area contributed by atoms with E-state index in [-0.39, 0.29) is 11.2 Å². The van der Waals surface area contributed by atoms with Gasteiger partial charge in [-0.05, 0) is 61.6 Å². The number of carbonyl (C=O) groups excluding carboxylic acids is 1. The van der Waals surface area contributed by atoms with Crippen LogP contribution in [0.25, 0.3) is 0 Å². The maximum Gasteiger partial charge on any atom is 0.169 e. The van der Waals surface area contributed by atoms with Crippen molar-refractivity contribution in [1.29, 1.82) is 0 Å². The Morgan fingerprint density at radius 1 is 1.09 bits per heavy atom. The van der Waals surface area contributed by atoms with Gasteiger partial charge in [0.15, 0.2) is 5.78 Å². The van der Waals surface area contributed by atoms with Gasteiger partial charge in [-0.3, -0.25) is 4.79 Å². The molecule has 0 aliphatic heterocycles. The number of fused-ring (bicyclic) bond motifs is 1. The fourth-order valence-corrected chi connectivity index (χ4v) is 3.73. The first-order valence-electron chi connectivity index (χ1n) is 8.50. The molecule has 0 radical (unpaired) electrons. The van der Waals surface area contributed by atoms with Crippen LogP contribution in [-0.2, 0) is 6.42 Å². The number of benzene rings is 2. The Kier molecular flexibility index (Phi) is 3.12. The van der Waals surface area contributed by atoms with E-state index in [0.29, 0.717) is 6.04 Å². The molecular formula is C21H23NO. The van der Waals surface area contributed by atoms with Crippen LogP contribution in [0.1, 0.15) is 48.2 Å². The smallest absolute Gasteiger partial charge is 0.169 e. The standard InChI is InChI=1S/C21H23NO/c1-14-6-4-5-7-19(14)22(16-8-9-16)17-10-11-18-15(12-17)13-21(2,3)20(18)23/h4-7,10-12,16H,8-9,13H2,1-3H3. The number of rotatable bonds is 3. The van der Waals surface area contributed by atoms with Crippen molar-refractivity contribution in [3.63, 3.8) is 0 Å². The highest BCUT2D eigenvalue weighted by atomic mass is 16.1. The maximum atomic E-state index is 12.5. The first-order valence-corrected chi connectivity index (χ1v) is 8.50. The Morgan fingerprint density at radius 3 is 2.52 bits per heavy atom. The van der Waals surface area contributed by atoms with Crippen LogP contribution >= 0.6 is 0 Å². The molecule has 2 aliphatic rings. The molecule has 4 rings (SSSR count). The second-order valence-corrected chi connectivity index (χ2v) is 7.62. The fraction of sp³-hybridized carbons (Fsp3) is 0.381. The predicted octanol–water partition coefficient (Wildman–Crippen LogP) is 5.06. The number of aryl methyl sites for hydroxylation is 1. The van der Waals surface area contributed by atoms with Gasteiger partial charge in [0.25, 0.3) is 0 Å². The van der Waals surface area contributed by atoms with Crippen LogP contribution in [0.2, 0.25) is 0 Å². The van der Waals surface area contributed by atoms with Gasteiger partial charge in [0.05, 0.1) is 0 Å². The molecule has 2 aliphatic carbocycles. The Labute approximate surface area is 138 Å². The van der Waals surface area contributed by atoms with Crippen molar-refractivity contribution in [2.24, 2.45) is 5.41 Å². The van der Waals surface area contributed by atoms with Crippen LogP contribution in [0.3, 0.4) is 0 Å². The van der Waals surface area contributed by atoms with E-state index >= 15 is 0 Å². The monoisotopic (exact) mass is 305 g/mol. The summed E-state index contributed by atoms with van der Waals surface area (Å²) in [7, 11) is 0. The predicted molar refractivity (Wildman–Crippen MR) is 94.6 cm³/mol. The fourth-order valence-electron chi connectivity index (χ4n) is 3.73. The third-order valence-electron chi connectivity index (χ3n) is 5.15. The van der Waals surface area contributed by atoms with Crippen LogP contribution in [0.15, 0.2) is 42.5 Å². The van der Waals surface area contributed by atoms with Crippen LogP contribution in [0.5, 0.6) is 0 Å². The van der Waals surface area contributed by atoms with Gasteiger partial charge in [0.2, 0.25) is 0 Å². The number of nitrogens with zero attached hydrogens (tertiary/aromatic N) is 1. The van der Waals surface area contributed by atoms with E-state index < -0.39 is 0 Å². The van der Waals surface area contributed by atoms with Crippen molar-refractivity contribution in [2.75, 3.05) is 4.90 Å². The lowest BCUT2D eigenvalue weighted by molar-refractivity contribution is 0.0863. The van der Waals surface area contributed by atoms with Gasteiger partial charge in [0, 0.05) is 28.4 Å². The Balaban J connectivity index is 1.78. The SMILES string of the molecule is Cc1ccccc1N(c1ccc2c(c1)CC(C)(C)C2=O)C1CC1. The molecule has 0 bridgehead atoms. The molecule has 118 valence electrons. The minimum Gasteiger partial charge on any atom is -0.338 e. The van der Waals surface area contributed by atoms with Gasteiger partial charge in [-0.25, -0.2) is 0 Å². The van der Waals surface area contributed by atoms with E-state index in [0.717, 1.165) is 12.0 Å². The van der Waals surface area contributed by atoms with Gasteiger partial charge in [-0.1, -0.05) is 32.0 Å². The van der Waals surface area contributed by atoms with Gasteiger partial charge in [-0.15, -0.1) is 0 Å². The molecule has 0 heterocycles. The molecule has 1 fully saturated rings. The second kappa shape index (κ2) is 4.95. The largest absolute Gasteiger partial charge is 0.338 e. The zero-order valence-electron chi connectivity index (χ0n) is 14.1. The molecule has 2 aromatic rings. The molecule has 2 aromatic carbocycles. The average Bonchev–Trinajstić information content (AvgIpc) is 3.30. The van der Waals surface area contributed by atoms with Crippen molar-refractivity contribution >= 4 is 17.2 Å². The first kappa shape index (κ1) is 14.5. The van der Waals surface area contributed by atoms with E-state index in [1.807, 2.05) is 6.07 Å². The van der Waals surface area contributed by atoms with Crippen LogP contribution in [0.4, 0.5) is 11.4 Å². The minimum absolute atomic E-state index is 0.256. The molecule has 0 unspecified atom stereocenters. The summed E-state index contributed by atoms with van der Waals surface area (Å²) < 4.78 is 0. The molecule has 0 aromatic heterocycles. The average molecular weight is 305 g/mol. The maximum absolute atomic E-state index is 12.5. The van der Waals surface area contributed by atoms with Gasteiger partial charge in [-0.2, -0.15) is 0 Å². The number of hydrogen-bond acceptors (Lipinski definition) is 2. The van der Waals surface area contributed by atoms with E-state index in [1.165, 1.54) is 35.3 Å². The molecule has 0 N–H and O–H groups in total. The van der Waals surface area contributed by atoms with Crippen LogP contribution in [-0.4, -0.2) is 11.8 Å². The van der Waals surface area contributed by atoms with Crippen molar-refractivity contribution in [2.45, 2.75) is 46.1 Å². The summed E-state index contributed by atoms with van der Waals surface area (Å²) in [6.07, 6.45) is 3.34. The summed E-state index contributed by atoms with van der Waals surface area (Å²) in [4.78, 5) is 14.9. The normalized spacial score (nSPS) is 18.8. The Morgan fingerprint density at radius 2 is 1.83 bits per heavy atom. The van der Waals surface area contributed by atoms with Crippen LogP contribution < -0.4 is 4.90 Å². The summed E-state index contributed by atoms with van der Waals surface area (Å²) in [5, 5.41) is 0. The molecule has 0 amide bonds.